The molecule has 0 aliphatic carbocycles. The van der Waals surface area contributed by atoms with Gasteiger partial charge in [-0.2, -0.15) is 0 Å². The molecule has 1 N–H and O–H groups in total. The van der Waals surface area contributed by atoms with Crippen LogP contribution in [0.3, 0.4) is 0 Å². The summed E-state index contributed by atoms with van der Waals surface area (Å²) in [5, 5.41) is 3.62. The van der Waals surface area contributed by atoms with Crippen molar-refractivity contribution in [1.82, 2.24) is 10.3 Å². The molecule has 1 aromatic carbocycles. The smallest absolute Gasteiger partial charge is 0.137 e. The Kier molecular flexibility index (Phi) is 4.46. The predicted molar refractivity (Wildman–Crippen MR) is 87.1 cm³/mol. The van der Waals surface area contributed by atoms with Crippen molar-refractivity contribution >= 4 is 11.8 Å². The van der Waals surface area contributed by atoms with Gasteiger partial charge >= 0.3 is 0 Å². The van der Waals surface area contributed by atoms with E-state index < -0.39 is 0 Å². The molecule has 2 unspecified atom stereocenters. The SMILES string of the molecule is CCNC(c1cncc(OC)c1)C1CSc2ccccc21. The summed E-state index contributed by atoms with van der Waals surface area (Å²) in [5.74, 6) is 2.39. The number of hydrogen-bond acceptors (Lipinski definition) is 4. The lowest BCUT2D eigenvalue weighted by molar-refractivity contribution is 0.409. The highest BCUT2D eigenvalue weighted by Gasteiger charge is 2.31. The minimum Gasteiger partial charge on any atom is -0.495 e. The van der Waals surface area contributed by atoms with Crippen molar-refractivity contribution < 1.29 is 4.74 Å². The van der Waals surface area contributed by atoms with Gasteiger partial charge in [-0.25, -0.2) is 0 Å². The van der Waals surface area contributed by atoms with E-state index in [1.54, 1.807) is 13.3 Å². The first kappa shape index (κ1) is 14.4. The van der Waals surface area contributed by atoms with Crippen molar-refractivity contribution in [1.29, 1.82) is 0 Å². The molecule has 1 aliphatic heterocycles. The molecule has 3 rings (SSSR count). The van der Waals surface area contributed by atoms with Crippen LogP contribution in [0.25, 0.3) is 0 Å². The maximum Gasteiger partial charge on any atom is 0.137 e. The number of ether oxygens (including phenoxy) is 1. The van der Waals surface area contributed by atoms with Crippen LogP contribution in [0.5, 0.6) is 5.75 Å². The minimum atomic E-state index is 0.272. The van der Waals surface area contributed by atoms with Crippen molar-refractivity contribution in [3.05, 3.63) is 53.9 Å². The number of thioether (sulfide) groups is 1. The number of rotatable bonds is 5. The molecule has 1 aromatic heterocycles. The number of aromatic nitrogens is 1. The average molecular weight is 300 g/mol. The number of likely N-dealkylation sites (N-methyl/N-ethyl adjacent to an activating group) is 1. The normalized spacial score (nSPS) is 18.3. The van der Waals surface area contributed by atoms with Crippen LogP contribution in [0, 0.1) is 0 Å². The molecule has 2 aromatic rings. The van der Waals surface area contributed by atoms with Gasteiger partial charge in [-0.1, -0.05) is 25.1 Å². The van der Waals surface area contributed by atoms with Gasteiger partial charge in [0, 0.05) is 28.8 Å². The van der Waals surface area contributed by atoms with Crippen molar-refractivity contribution in [2.75, 3.05) is 19.4 Å². The van der Waals surface area contributed by atoms with E-state index in [1.165, 1.54) is 16.0 Å². The molecule has 2 atom stereocenters. The van der Waals surface area contributed by atoms with Crippen LogP contribution >= 0.6 is 11.8 Å². The van der Waals surface area contributed by atoms with E-state index >= 15 is 0 Å². The van der Waals surface area contributed by atoms with Gasteiger partial charge < -0.3 is 10.1 Å². The van der Waals surface area contributed by atoms with Crippen LogP contribution in [0.1, 0.15) is 30.0 Å². The highest BCUT2D eigenvalue weighted by Crippen LogP contribution is 2.45. The van der Waals surface area contributed by atoms with Crippen molar-refractivity contribution in [3.8, 4) is 5.75 Å². The van der Waals surface area contributed by atoms with Gasteiger partial charge in [0.2, 0.25) is 0 Å². The summed E-state index contributed by atoms with van der Waals surface area (Å²) in [6.45, 7) is 3.08. The van der Waals surface area contributed by atoms with Crippen LogP contribution in [0.4, 0.5) is 0 Å². The van der Waals surface area contributed by atoms with Gasteiger partial charge in [0.15, 0.2) is 0 Å². The fourth-order valence-electron chi connectivity index (χ4n) is 2.89. The fourth-order valence-corrected chi connectivity index (χ4v) is 4.19. The molecular weight excluding hydrogens is 280 g/mol. The number of methoxy groups -OCH3 is 1. The van der Waals surface area contributed by atoms with Gasteiger partial charge in [-0.15, -0.1) is 11.8 Å². The number of fused-ring (bicyclic) bond motifs is 1. The molecule has 0 fully saturated rings. The van der Waals surface area contributed by atoms with Crippen LogP contribution < -0.4 is 10.1 Å². The zero-order valence-corrected chi connectivity index (χ0v) is 13.2. The monoisotopic (exact) mass is 300 g/mol. The Morgan fingerprint density at radius 3 is 3.05 bits per heavy atom. The van der Waals surface area contributed by atoms with Crippen molar-refractivity contribution in [2.45, 2.75) is 23.8 Å². The molecule has 0 spiro atoms. The van der Waals surface area contributed by atoms with E-state index in [2.05, 4.69) is 47.6 Å². The van der Waals surface area contributed by atoms with E-state index in [0.717, 1.165) is 18.0 Å². The standard InChI is InChI=1S/C17H20N2OS/c1-3-19-17(12-8-13(20-2)10-18-9-12)15-11-21-16-7-5-4-6-14(15)16/h4-10,15,17,19H,3,11H2,1-2H3. The molecule has 1 aliphatic rings. The lowest BCUT2D eigenvalue weighted by atomic mass is 9.89. The molecule has 110 valence electrons. The Bertz CT molecular complexity index is 617. The first-order valence-corrected chi connectivity index (χ1v) is 8.26. The summed E-state index contributed by atoms with van der Waals surface area (Å²) in [7, 11) is 1.68. The number of pyridine rings is 1. The summed E-state index contributed by atoms with van der Waals surface area (Å²) in [6, 6.07) is 11.1. The highest BCUT2D eigenvalue weighted by molar-refractivity contribution is 7.99. The quantitative estimate of drug-likeness (QED) is 0.914. The van der Waals surface area contributed by atoms with E-state index in [4.69, 9.17) is 4.74 Å². The average Bonchev–Trinajstić information content (AvgIpc) is 2.96. The molecule has 0 saturated heterocycles. The molecule has 2 heterocycles. The van der Waals surface area contributed by atoms with Crippen LogP contribution in [0.15, 0.2) is 47.6 Å². The molecule has 4 heteroatoms. The third kappa shape index (κ3) is 2.92. The summed E-state index contributed by atoms with van der Waals surface area (Å²) < 4.78 is 5.32. The maximum atomic E-state index is 5.32. The second-order valence-electron chi connectivity index (χ2n) is 5.15. The summed E-state index contributed by atoms with van der Waals surface area (Å²) in [5.41, 5.74) is 2.63. The molecular formula is C17H20N2OS. The highest BCUT2D eigenvalue weighted by atomic mass is 32.2. The number of nitrogens with one attached hydrogen (secondary N) is 1. The third-order valence-electron chi connectivity index (χ3n) is 3.89. The largest absolute Gasteiger partial charge is 0.495 e. The van der Waals surface area contributed by atoms with Crippen molar-refractivity contribution in [3.63, 3.8) is 0 Å². The van der Waals surface area contributed by atoms with Gasteiger partial charge in [-0.05, 0) is 29.8 Å². The number of benzene rings is 1. The van der Waals surface area contributed by atoms with E-state index in [-0.39, 0.29) is 6.04 Å². The number of nitrogens with zero attached hydrogens (tertiary/aromatic N) is 1. The van der Waals surface area contributed by atoms with Gasteiger partial charge in [0.05, 0.1) is 13.3 Å². The molecule has 0 saturated carbocycles. The topological polar surface area (TPSA) is 34.2 Å². The van der Waals surface area contributed by atoms with Crippen LogP contribution in [-0.2, 0) is 0 Å². The Hall–Kier alpha value is -1.52. The second kappa shape index (κ2) is 6.50. The van der Waals surface area contributed by atoms with Crippen LogP contribution in [0.2, 0.25) is 0 Å². The third-order valence-corrected chi connectivity index (χ3v) is 5.10. The predicted octanol–water partition coefficient (Wildman–Crippen LogP) is 3.63. The van der Waals surface area contributed by atoms with E-state index in [9.17, 15) is 0 Å². The Morgan fingerprint density at radius 1 is 1.38 bits per heavy atom. The minimum absolute atomic E-state index is 0.272. The summed E-state index contributed by atoms with van der Waals surface area (Å²) in [4.78, 5) is 5.72. The summed E-state index contributed by atoms with van der Waals surface area (Å²) >= 11 is 1.94. The molecule has 0 radical (unpaired) electrons. The maximum absolute atomic E-state index is 5.32. The van der Waals surface area contributed by atoms with E-state index in [0.29, 0.717) is 5.92 Å². The lowest BCUT2D eigenvalue weighted by Crippen LogP contribution is -2.27. The van der Waals surface area contributed by atoms with Crippen molar-refractivity contribution in [2.24, 2.45) is 0 Å². The fraction of sp³-hybridized carbons (Fsp3) is 0.353. The zero-order valence-electron chi connectivity index (χ0n) is 12.4. The zero-order chi connectivity index (χ0) is 14.7. The Labute approximate surface area is 130 Å². The summed E-state index contributed by atoms with van der Waals surface area (Å²) in [6.07, 6.45) is 3.70. The molecule has 0 bridgehead atoms. The van der Waals surface area contributed by atoms with Gasteiger partial charge in [-0.3, -0.25) is 4.98 Å². The van der Waals surface area contributed by atoms with E-state index in [1.807, 2.05) is 18.0 Å². The lowest BCUT2D eigenvalue weighted by Gasteiger charge is -2.25. The Morgan fingerprint density at radius 2 is 2.24 bits per heavy atom. The second-order valence-corrected chi connectivity index (χ2v) is 6.21. The molecule has 0 amide bonds. The van der Waals surface area contributed by atoms with Gasteiger partial charge in [0.25, 0.3) is 0 Å². The molecule has 3 nitrogen and oxygen atoms in total. The molecule has 21 heavy (non-hydrogen) atoms. The van der Waals surface area contributed by atoms with Gasteiger partial charge in [0.1, 0.15) is 5.75 Å². The number of hydrogen-bond donors (Lipinski definition) is 1. The Balaban J connectivity index is 1.95. The first-order valence-electron chi connectivity index (χ1n) is 7.27. The van der Waals surface area contributed by atoms with Crippen LogP contribution in [-0.4, -0.2) is 24.4 Å². The first-order chi connectivity index (χ1) is 10.3.